The fraction of sp³-hybridized carbons (Fsp3) is 0.231. The minimum absolute atomic E-state index is 0.157. The summed E-state index contributed by atoms with van der Waals surface area (Å²) < 4.78 is 95.3. The Kier molecular flexibility index (Phi) is 8.48. The molecule has 2 aliphatic heterocycles. The summed E-state index contributed by atoms with van der Waals surface area (Å²) in [5.74, 6) is -3.60. The van der Waals surface area contributed by atoms with Gasteiger partial charge in [0.15, 0.2) is 5.41 Å². The zero-order valence-corrected chi connectivity index (χ0v) is 28.1. The van der Waals surface area contributed by atoms with Crippen molar-refractivity contribution in [3.8, 4) is 23.8 Å². The lowest BCUT2D eigenvalue weighted by Gasteiger charge is -2.52. The number of aromatic hydroxyl groups is 2. The summed E-state index contributed by atoms with van der Waals surface area (Å²) in [5.41, 5.74) is -11.4. The quantitative estimate of drug-likeness (QED) is 0.113. The zero-order chi connectivity index (χ0) is 39.0. The second-order valence-electron chi connectivity index (χ2n) is 12.8. The number of terminal acetylenes is 1. The molecule has 0 aromatic heterocycles. The fourth-order valence-corrected chi connectivity index (χ4v) is 7.77. The molecule has 0 radical (unpaired) electrons. The molecule has 0 unspecified atom stereocenters. The van der Waals surface area contributed by atoms with E-state index in [1.54, 1.807) is 6.92 Å². The van der Waals surface area contributed by atoms with E-state index in [1.807, 2.05) is 0 Å². The number of rotatable bonds is 7. The lowest BCUT2D eigenvalue weighted by Crippen LogP contribution is -2.66. The topological polar surface area (TPSA) is 115 Å². The first-order valence-electron chi connectivity index (χ1n) is 16.1. The zero-order valence-electron chi connectivity index (χ0n) is 28.1. The van der Waals surface area contributed by atoms with Crippen LogP contribution < -0.4 is 9.80 Å². The molecule has 272 valence electrons. The van der Waals surface area contributed by atoms with Crippen molar-refractivity contribution in [2.45, 2.75) is 56.8 Å². The van der Waals surface area contributed by atoms with E-state index in [-0.39, 0.29) is 27.8 Å². The van der Waals surface area contributed by atoms with Gasteiger partial charge >= 0.3 is 12.4 Å². The standard InChI is InChI=1S/C39H28F6N2O6/c1-5-21-9-13-25-27(17-21)35(53)46(33(25)51)28-18-22(10-14-30(28)48)36(6-2,7-3)37(38(40,41)42,39(43,44)45)23-11-15-31(49)29(19-23)47-32(50)24-12-8-20(4)16-26(24)34(47)52/h1,8-19,48-49H,6-7H2,2-4H3. The molecule has 4 aromatic carbocycles. The second-order valence-corrected chi connectivity index (χ2v) is 12.8. The Balaban J connectivity index is 1.60. The van der Waals surface area contributed by atoms with Crippen LogP contribution in [-0.4, -0.2) is 46.2 Å². The maximum Gasteiger partial charge on any atom is 0.408 e. The number of hydrogen-bond acceptors (Lipinski definition) is 6. The van der Waals surface area contributed by atoms with Crippen LogP contribution >= 0.6 is 0 Å². The molecule has 53 heavy (non-hydrogen) atoms. The smallest absolute Gasteiger partial charge is 0.408 e. The number of carbonyl (C=O) groups is 4. The molecule has 8 nitrogen and oxygen atoms in total. The number of hydrogen-bond donors (Lipinski definition) is 2. The highest BCUT2D eigenvalue weighted by Crippen LogP contribution is 2.65. The minimum Gasteiger partial charge on any atom is -0.506 e. The number of aryl methyl sites for hydroxylation is 1. The van der Waals surface area contributed by atoms with E-state index in [9.17, 15) is 29.4 Å². The van der Waals surface area contributed by atoms with E-state index < -0.39 is 93.7 Å². The van der Waals surface area contributed by atoms with E-state index >= 15 is 26.3 Å². The van der Waals surface area contributed by atoms with Crippen LogP contribution in [-0.2, 0) is 10.8 Å². The number of benzene rings is 4. The number of alkyl halides is 6. The van der Waals surface area contributed by atoms with Crippen molar-refractivity contribution in [3.63, 3.8) is 0 Å². The lowest BCUT2D eigenvalue weighted by atomic mass is 9.53. The van der Waals surface area contributed by atoms with Crippen LogP contribution in [0.1, 0.15) is 90.4 Å². The van der Waals surface area contributed by atoms with Gasteiger partial charge in [0, 0.05) is 11.0 Å². The molecule has 0 aliphatic carbocycles. The average molecular weight is 735 g/mol. The number of carbonyl (C=O) groups excluding carboxylic acids is 4. The van der Waals surface area contributed by atoms with Gasteiger partial charge in [-0.3, -0.25) is 19.2 Å². The predicted octanol–water partition coefficient (Wildman–Crippen LogP) is 8.11. The molecule has 0 spiro atoms. The Morgan fingerprint density at radius 1 is 0.604 bits per heavy atom. The summed E-state index contributed by atoms with van der Waals surface area (Å²) in [4.78, 5) is 54.5. The molecule has 0 bridgehead atoms. The van der Waals surface area contributed by atoms with Crippen LogP contribution in [0.15, 0.2) is 72.8 Å². The van der Waals surface area contributed by atoms with E-state index in [4.69, 9.17) is 6.42 Å². The van der Waals surface area contributed by atoms with Gasteiger partial charge in [-0.05, 0) is 85.5 Å². The van der Waals surface area contributed by atoms with Crippen molar-refractivity contribution >= 4 is 35.0 Å². The SMILES string of the molecule is C#Cc1ccc2c(c1)C(=O)N(c1cc(C(CC)(CC)C(c3ccc(O)c(N4C(=O)c5ccc(C)cc5C4=O)c3)(C(F)(F)F)C(F)(F)F)ccc1O)C2=O. The second kappa shape index (κ2) is 12.3. The number of amides is 4. The Hall–Kier alpha value is -6.10. The van der Waals surface area contributed by atoms with Gasteiger partial charge < -0.3 is 10.2 Å². The highest BCUT2D eigenvalue weighted by Gasteiger charge is 2.79. The Labute approximate surface area is 298 Å². The Morgan fingerprint density at radius 2 is 1.04 bits per heavy atom. The monoisotopic (exact) mass is 734 g/mol. The number of halogens is 6. The van der Waals surface area contributed by atoms with Gasteiger partial charge in [0.25, 0.3) is 23.6 Å². The van der Waals surface area contributed by atoms with Crippen molar-refractivity contribution in [1.29, 1.82) is 0 Å². The van der Waals surface area contributed by atoms with E-state index in [0.717, 1.165) is 32.0 Å². The van der Waals surface area contributed by atoms with Gasteiger partial charge in [-0.15, -0.1) is 6.42 Å². The molecule has 2 aliphatic rings. The third kappa shape index (κ3) is 5.01. The van der Waals surface area contributed by atoms with Gasteiger partial charge in [0.05, 0.1) is 33.6 Å². The summed E-state index contributed by atoms with van der Waals surface area (Å²) >= 11 is 0. The normalized spacial score (nSPS) is 14.9. The molecule has 6 rings (SSSR count). The van der Waals surface area contributed by atoms with Crippen LogP contribution in [0, 0.1) is 19.3 Å². The lowest BCUT2D eigenvalue weighted by molar-refractivity contribution is -0.326. The Bertz CT molecular complexity index is 2290. The predicted molar refractivity (Wildman–Crippen MR) is 180 cm³/mol. The van der Waals surface area contributed by atoms with Crippen molar-refractivity contribution in [2.75, 3.05) is 9.80 Å². The number of anilines is 2. The number of imide groups is 2. The molecule has 2 N–H and O–H groups in total. The Morgan fingerprint density at radius 3 is 1.51 bits per heavy atom. The molecule has 4 amide bonds. The third-order valence-electron chi connectivity index (χ3n) is 10.3. The third-order valence-corrected chi connectivity index (χ3v) is 10.3. The van der Waals surface area contributed by atoms with Crippen molar-refractivity contribution in [2.24, 2.45) is 0 Å². The number of phenolic OH excluding ortho intramolecular Hbond substituents is 2. The summed E-state index contributed by atoms with van der Waals surface area (Å²) in [7, 11) is 0. The largest absolute Gasteiger partial charge is 0.506 e. The van der Waals surface area contributed by atoms with E-state index in [1.165, 1.54) is 36.4 Å². The van der Waals surface area contributed by atoms with Crippen molar-refractivity contribution < 1.29 is 55.7 Å². The van der Waals surface area contributed by atoms with Gasteiger partial charge in [0.1, 0.15) is 11.5 Å². The van der Waals surface area contributed by atoms with E-state index in [2.05, 4.69) is 5.92 Å². The molecule has 0 saturated carbocycles. The van der Waals surface area contributed by atoms with Crippen molar-refractivity contribution in [3.05, 3.63) is 117 Å². The fourth-order valence-electron chi connectivity index (χ4n) is 7.77. The average Bonchev–Trinajstić information content (AvgIpc) is 3.49. The first-order chi connectivity index (χ1) is 24.8. The van der Waals surface area contributed by atoms with Crippen LogP contribution in [0.25, 0.3) is 0 Å². The maximum atomic E-state index is 15.9. The molecule has 0 fully saturated rings. The van der Waals surface area contributed by atoms with Crippen molar-refractivity contribution in [1.82, 2.24) is 0 Å². The molecule has 2 heterocycles. The summed E-state index contributed by atoms with van der Waals surface area (Å²) in [6, 6.07) is 11.6. The van der Waals surface area contributed by atoms with Crippen LogP contribution in [0.4, 0.5) is 37.7 Å². The van der Waals surface area contributed by atoms with Gasteiger partial charge in [-0.2, -0.15) is 26.3 Å². The highest BCUT2D eigenvalue weighted by molar-refractivity contribution is 6.35. The van der Waals surface area contributed by atoms with Gasteiger partial charge in [-0.1, -0.05) is 43.5 Å². The molecular weight excluding hydrogens is 706 g/mol. The number of phenols is 2. The summed E-state index contributed by atoms with van der Waals surface area (Å²) in [5, 5.41) is 21.7. The van der Waals surface area contributed by atoms with Gasteiger partial charge in [0.2, 0.25) is 0 Å². The van der Waals surface area contributed by atoms with E-state index in [0.29, 0.717) is 33.6 Å². The first kappa shape index (κ1) is 36.7. The minimum atomic E-state index is -6.16. The first-order valence-corrected chi connectivity index (χ1v) is 16.1. The van der Waals surface area contributed by atoms with Crippen LogP contribution in [0.5, 0.6) is 11.5 Å². The summed E-state index contributed by atoms with van der Waals surface area (Å²) in [6.45, 7) is 3.80. The molecule has 0 atom stereocenters. The molecular formula is C39H28F6N2O6. The highest BCUT2D eigenvalue weighted by atomic mass is 19.4. The number of fused-ring (bicyclic) bond motifs is 2. The summed E-state index contributed by atoms with van der Waals surface area (Å²) in [6.07, 6.45) is -8.63. The molecule has 0 saturated heterocycles. The maximum absolute atomic E-state index is 15.9. The molecule has 14 heteroatoms. The molecule has 4 aromatic rings. The van der Waals surface area contributed by atoms with Crippen LogP contribution in [0.3, 0.4) is 0 Å². The number of nitrogens with zero attached hydrogens (tertiary/aromatic N) is 2. The van der Waals surface area contributed by atoms with Gasteiger partial charge in [-0.25, -0.2) is 9.80 Å². The van der Waals surface area contributed by atoms with Crippen LogP contribution in [0.2, 0.25) is 0 Å².